The van der Waals surface area contributed by atoms with Crippen LogP contribution in [0.4, 0.5) is 5.69 Å². The first-order valence-electron chi connectivity index (χ1n) is 6.99. The molecule has 106 valence electrons. The van der Waals surface area contributed by atoms with Crippen molar-refractivity contribution in [2.24, 2.45) is 5.92 Å². The maximum atomic E-state index is 3.69. The lowest BCUT2D eigenvalue weighted by atomic mass is 9.86. The molecule has 1 N–H and O–H groups in total. The van der Waals surface area contributed by atoms with Crippen LogP contribution in [0, 0.1) is 5.92 Å². The van der Waals surface area contributed by atoms with E-state index in [1.807, 2.05) is 0 Å². The number of anilines is 1. The second kappa shape index (κ2) is 6.59. The number of rotatable bonds is 3. The lowest BCUT2D eigenvalue weighted by Gasteiger charge is -2.44. The Kier molecular flexibility index (Phi) is 5.32. The quantitative estimate of drug-likeness (QED) is 0.822. The Bertz CT molecular complexity index is 436. The second-order valence-corrected chi connectivity index (χ2v) is 7.11. The van der Waals surface area contributed by atoms with Gasteiger partial charge in [-0.25, -0.2) is 0 Å². The first-order chi connectivity index (χ1) is 9.04. The van der Waals surface area contributed by atoms with Crippen molar-refractivity contribution in [3.63, 3.8) is 0 Å². The summed E-state index contributed by atoms with van der Waals surface area (Å²) in [5.41, 5.74) is 1.30. The number of benzene rings is 1. The van der Waals surface area contributed by atoms with E-state index >= 15 is 0 Å². The van der Waals surface area contributed by atoms with Crippen LogP contribution in [0.5, 0.6) is 0 Å². The Hall–Kier alpha value is -0.0600. The average molecular weight is 390 g/mol. The van der Waals surface area contributed by atoms with Gasteiger partial charge in [0.15, 0.2) is 0 Å². The molecule has 0 saturated carbocycles. The predicted molar refractivity (Wildman–Crippen MR) is 89.9 cm³/mol. The van der Waals surface area contributed by atoms with Gasteiger partial charge in [0.25, 0.3) is 0 Å². The lowest BCUT2D eigenvalue weighted by molar-refractivity contribution is 0.274. The van der Waals surface area contributed by atoms with Crippen molar-refractivity contribution in [3.05, 3.63) is 27.1 Å². The van der Waals surface area contributed by atoms with E-state index in [4.69, 9.17) is 0 Å². The molecule has 3 atom stereocenters. The van der Waals surface area contributed by atoms with Crippen molar-refractivity contribution in [3.8, 4) is 0 Å². The van der Waals surface area contributed by atoms with Gasteiger partial charge in [0.2, 0.25) is 0 Å². The molecule has 19 heavy (non-hydrogen) atoms. The van der Waals surface area contributed by atoms with Crippen molar-refractivity contribution in [1.29, 1.82) is 0 Å². The molecule has 1 aromatic carbocycles. The molecule has 1 aromatic rings. The average Bonchev–Trinajstić information content (AvgIpc) is 2.37. The molecule has 3 unspecified atom stereocenters. The van der Waals surface area contributed by atoms with Crippen LogP contribution in [0.15, 0.2) is 27.1 Å². The van der Waals surface area contributed by atoms with E-state index in [1.165, 1.54) is 16.6 Å². The molecule has 0 amide bonds. The Morgan fingerprint density at radius 1 is 1.32 bits per heavy atom. The molecule has 0 aromatic heterocycles. The Labute approximate surface area is 133 Å². The fraction of sp³-hybridized carbons (Fsp3) is 0.600. The molecule has 1 aliphatic rings. The molecule has 2 rings (SSSR count). The molecule has 0 radical (unpaired) electrons. The highest BCUT2D eigenvalue weighted by Gasteiger charge is 2.32. The maximum Gasteiger partial charge on any atom is 0.0513 e. The minimum Gasteiger partial charge on any atom is -0.368 e. The Morgan fingerprint density at radius 2 is 2.05 bits per heavy atom. The monoisotopic (exact) mass is 388 g/mol. The van der Waals surface area contributed by atoms with Gasteiger partial charge < -0.3 is 10.2 Å². The summed E-state index contributed by atoms with van der Waals surface area (Å²) in [6.45, 7) is 9.06. The van der Waals surface area contributed by atoms with Crippen LogP contribution < -0.4 is 10.2 Å². The van der Waals surface area contributed by atoms with Crippen molar-refractivity contribution in [2.75, 3.05) is 18.0 Å². The van der Waals surface area contributed by atoms with Gasteiger partial charge in [-0.05, 0) is 59.9 Å². The summed E-state index contributed by atoms with van der Waals surface area (Å²) in [5.74, 6) is 0.657. The van der Waals surface area contributed by atoms with E-state index < -0.39 is 0 Å². The normalized spacial score (nSPS) is 27.6. The SMILES string of the molecule is CCNC1CCN(c2ccc(Br)cc2Br)C(C)C1C. The molecule has 4 heteroatoms. The van der Waals surface area contributed by atoms with Crippen LogP contribution in [0.1, 0.15) is 27.2 Å². The van der Waals surface area contributed by atoms with E-state index in [0.717, 1.165) is 17.6 Å². The zero-order valence-electron chi connectivity index (χ0n) is 11.8. The van der Waals surface area contributed by atoms with E-state index in [2.05, 4.69) is 81.0 Å². The Morgan fingerprint density at radius 3 is 2.68 bits per heavy atom. The lowest BCUT2D eigenvalue weighted by Crippen LogP contribution is -2.53. The van der Waals surface area contributed by atoms with Gasteiger partial charge in [0.05, 0.1) is 5.69 Å². The molecule has 0 aliphatic carbocycles. The minimum atomic E-state index is 0.551. The van der Waals surface area contributed by atoms with Gasteiger partial charge in [0.1, 0.15) is 0 Å². The summed E-state index contributed by atoms with van der Waals surface area (Å²) < 4.78 is 2.29. The molecule has 1 fully saturated rings. The van der Waals surface area contributed by atoms with Crippen molar-refractivity contribution < 1.29 is 0 Å². The van der Waals surface area contributed by atoms with Crippen LogP contribution in [0.3, 0.4) is 0 Å². The van der Waals surface area contributed by atoms with Gasteiger partial charge in [-0.1, -0.05) is 29.8 Å². The number of nitrogens with zero attached hydrogens (tertiary/aromatic N) is 1. The minimum absolute atomic E-state index is 0.551. The van der Waals surface area contributed by atoms with Gasteiger partial charge in [-0.2, -0.15) is 0 Å². The fourth-order valence-electron chi connectivity index (χ4n) is 2.97. The summed E-state index contributed by atoms with van der Waals surface area (Å²) in [5, 5.41) is 3.61. The summed E-state index contributed by atoms with van der Waals surface area (Å²) >= 11 is 7.21. The van der Waals surface area contributed by atoms with Crippen LogP contribution in [-0.4, -0.2) is 25.2 Å². The third-order valence-electron chi connectivity index (χ3n) is 4.25. The molecule has 0 bridgehead atoms. The zero-order valence-corrected chi connectivity index (χ0v) is 15.0. The highest BCUT2D eigenvalue weighted by atomic mass is 79.9. The van der Waals surface area contributed by atoms with Crippen LogP contribution >= 0.6 is 31.9 Å². The largest absolute Gasteiger partial charge is 0.368 e. The summed E-state index contributed by atoms with van der Waals surface area (Å²) in [6, 6.07) is 7.64. The van der Waals surface area contributed by atoms with Crippen LogP contribution in [0.25, 0.3) is 0 Å². The first-order valence-corrected chi connectivity index (χ1v) is 8.58. The van der Waals surface area contributed by atoms with Gasteiger partial charge in [-0.3, -0.25) is 0 Å². The molecule has 2 nitrogen and oxygen atoms in total. The number of nitrogens with one attached hydrogen (secondary N) is 1. The molecule has 1 saturated heterocycles. The number of hydrogen-bond donors (Lipinski definition) is 1. The Balaban J connectivity index is 2.18. The highest BCUT2D eigenvalue weighted by Crippen LogP contribution is 2.35. The van der Waals surface area contributed by atoms with Crippen molar-refractivity contribution >= 4 is 37.5 Å². The molecule has 0 spiro atoms. The van der Waals surface area contributed by atoms with Gasteiger partial charge >= 0.3 is 0 Å². The number of hydrogen-bond acceptors (Lipinski definition) is 2. The molecule has 1 heterocycles. The first kappa shape index (κ1) is 15.3. The van der Waals surface area contributed by atoms with Crippen molar-refractivity contribution in [2.45, 2.75) is 39.3 Å². The standard InChI is InChI=1S/C15H22Br2N2/c1-4-18-14-7-8-19(11(3)10(14)2)15-6-5-12(16)9-13(15)17/h5-6,9-11,14,18H,4,7-8H2,1-3H3. The van der Waals surface area contributed by atoms with Crippen LogP contribution in [0.2, 0.25) is 0 Å². The predicted octanol–water partition coefficient (Wildman–Crippen LogP) is 4.42. The number of halogens is 2. The third kappa shape index (κ3) is 3.34. The van der Waals surface area contributed by atoms with Gasteiger partial charge in [0, 0.05) is 27.6 Å². The molecule has 1 aliphatic heterocycles. The maximum absolute atomic E-state index is 3.69. The van der Waals surface area contributed by atoms with E-state index in [-0.39, 0.29) is 0 Å². The van der Waals surface area contributed by atoms with E-state index in [1.54, 1.807) is 0 Å². The highest BCUT2D eigenvalue weighted by molar-refractivity contribution is 9.11. The molecular formula is C15H22Br2N2. The molecular weight excluding hydrogens is 368 g/mol. The summed E-state index contributed by atoms with van der Waals surface area (Å²) in [6.07, 6.45) is 1.21. The second-order valence-electron chi connectivity index (χ2n) is 5.34. The summed E-state index contributed by atoms with van der Waals surface area (Å²) in [4.78, 5) is 2.52. The van der Waals surface area contributed by atoms with E-state index in [0.29, 0.717) is 18.0 Å². The van der Waals surface area contributed by atoms with E-state index in [9.17, 15) is 0 Å². The van der Waals surface area contributed by atoms with Crippen molar-refractivity contribution in [1.82, 2.24) is 5.32 Å². The van der Waals surface area contributed by atoms with Gasteiger partial charge in [-0.15, -0.1) is 0 Å². The smallest absolute Gasteiger partial charge is 0.0513 e. The summed E-state index contributed by atoms with van der Waals surface area (Å²) in [7, 11) is 0. The third-order valence-corrected chi connectivity index (χ3v) is 5.38. The zero-order chi connectivity index (χ0) is 14.0. The fourth-order valence-corrected chi connectivity index (χ4v) is 4.24. The topological polar surface area (TPSA) is 15.3 Å². The number of piperidine rings is 1. The van der Waals surface area contributed by atoms with Crippen LogP contribution in [-0.2, 0) is 0 Å².